The first kappa shape index (κ1) is 69.1. The van der Waals surface area contributed by atoms with E-state index in [-0.39, 0.29) is 44.0 Å². The van der Waals surface area contributed by atoms with Crippen LogP contribution < -0.4 is 0 Å². The van der Waals surface area contributed by atoms with Crippen LogP contribution in [0.15, 0.2) is 109 Å². The van der Waals surface area contributed by atoms with Gasteiger partial charge in [-0.2, -0.15) is 0 Å². The highest BCUT2D eigenvalue weighted by Gasteiger charge is 2.19. The van der Waals surface area contributed by atoms with Crippen LogP contribution in [-0.2, 0) is 28.6 Å². The minimum atomic E-state index is -0.838. The van der Waals surface area contributed by atoms with Crippen molar-refractivity contribution in [3.8, 4) is 0 Å². The van der Waals surface area contributed by atoms with Gasteiger partial charge in [0.25, 0.3) is 0 Å². The van der Waals surface area contributed by atoms with Crippen LogP contribution in [0.3, 0.4) is 0 Å². The standard InChI is InChI=1S/C67H112O6/c1-4-7-10-13-16-19-22-25-28-31-33-36-38-41-44-47-50-53-56-59-65(68)71-62-64(73-67(70)61-58-55-52-49-46-43-40-35-30-27-24-21-18-15-12-9-6-3)63-72-66(69)60-57-54-51-48-45-42-39-37-34-32-29-26-23-20-17-14-11-8-5-2/h16,18-19,21,25,27-28,30,33,36,40-41,43-44,49-50,52-53,64H,4-15,17,20,22-24,26,29,31-32,34-35,37-39,42,45-48,51,54-63H2,1-3H3/b19-16-,21-18-,28-25-,30-27-,36-33-,43-40-,44-41-,52-49-,53-50-/t64-/m1/s1. The lowest BCUT2D eigenvalue weighted by molar-refractivity contribution is -0.166. The first-order chi connectivity index (χ1) is 36.0. The number of unbranched alkanes of at least 4 members (excludes halogenated alkanes) is 25. The summed E-state index contributed by atoms with van der Waals surface area (Å²) in [5, 5.41) is 0. The predicted molar refractivity (Wildman–Crippen MR) is 316 cm³/mol. The van der Waals surface area contributed by atoms with Crippen molar-refractivity contribution in [3.63, 3.8) is 0 Å². The minimum Gasteiger partial charge on any atom is -0.462 e. The number of allylic oxidation sites excluding steroid dienone is 18. The van der Waals surface area contributed by atoms with Crippen LogP contribution in [0, 0.1) is 0 Å². The molecule has 0 aliphatic heterocycles. The van der Waals surface area contributed by atoms with Crippen LogP contribution >= 0.6 is 0 Å². The summed E-state index contributed by atoms with van der Waals surface area (Å²) in [4.78, 5) is 38.2. The summed E-state index contributed by atoms with van der Waals surface area (Å²) in [5.74, 6) is -1.06. The van der Waals surface area contributed by atoms with Gasteiger partial charge in [-0.25, -0.2) is 0 Å². The first-order valence-corrected chi connectivity index (χ1v) is 30.4. The molecule has 0 radical (unpaired) electrons. The second-order valence-electron chi connectivity index (χ2n) is 19.9. The Hall–Kier alpha value is -3.93. The molecule has 6 heteroatoms. The Labute approximate surface area is 450 Å². The van der Waals surface area contributed by atoms with Crippen molar-refractivity contribution in [2.45, 2.75) is 284 Å². The average molecular weight is 1010 g/mol. The Kier molecular flexibility index (Phi) is 57.4. The Bertz CT molecular complexity index is 1490. The SMILES string of the molecule is CCCCC/C=C\C/C=C\C/C=C\C/C=C\C/C=C\CCC(=O)OC[C@H](COC(=O)CCCCCCCCCCCCCCCCCCCCC)OC(=O)CCC/C=C\C/C=C\C/C=C\C/C=C\CCCCC. The van der Waals surface area contributed by atoms with E-state index in [0.29, 0.717) is 19.3 Å². The Balaban J connectivity index is 4.55. The molecule has 0 rings (SSSR count). The fourth-order valence-corrected chi connectivity index (χ4v) is 8.18. The average Bonchev–Trinajstić information content (AvgIpc) is 3.39. The number of hydrogen-bond acceptors (Lipinski definition) is 6. The number of esters is 3. The van der Waals surface area contributed by atoms with E-state index >= 15 is 0 Å². The number of rotatable bonds is 54. The summed E-state index contributed by atoms with van der Waals surface area (Å²) in [6, 6.07) is 0. The third kappa shape index (κ3) is 58.8. The molecule has 0 spiro atoms. The maximum Gasteiger partial charge on any atom is 0.306 e. The summed E-state index contributed by atoms with van der Waals surface area (Å²) in [5.41, 5.74) is 0. The van der Waals surface area contributed by atoms with Gasteiger partial charge in [0.1, 0.15) is 13.2 Å². The molecular weight excluding hydrogens is 901 g/mol. The molecule has 0 aliphatic carbocycles. The van der Waals surface area contributed by atoms with E-state index in [0.717, 1.165) is 70.6 Å². The van der Waals surface area contributed by atoms with Gasteiger partial charge in [0.15, 0.2) is 6.10 Å². The molecule has 0 bridgehead atoms. The first-order valence-electron chi connectivity index (χ1n) is 30.4. The largest absolute Gasteiger partial charge is 0.462 e. The van der Waals surface area contributed by atoms with Gasteiger partial charge < -0.3 is 14.2 Å². The van der Waals surface area contributed by atoms with E-state index in [2.05, 4.69) is 124 Å². The number of carbonyl (C=O) groups excluding carboxylic acids is 3. The van der Waals surface area contributed by atoms with Gasteiger partial charge in [0.2, 0.25) is 0 Å². The zero-order valence-corrected chi connectivity index (χ0v) is 47.6. The molecule has 0 unspecified atom stereocenters. The molecule has 0 aromatic carbocycles. The molecule has 0 aromatic rings. The summed E-state index contributed by atoms with van der Waals surface area (Å²) >= 11 is 0. The third-order valence-corrected chi connectivity index (χ3v) is 12.8. The number of hydrogen-bond donors (Lipinski definition) is 0. The molecule has 73 heavy (non-hydrogen) atoms. The highest BCUT2D eigenvalue weighted by Crippen LogP contribution is 2.16. The van der Waals surface area contributed by atoms with Gasteiger partial charge >= 0.3 is 17.9 Å². The number of carbonyl (C=O) groups is 3. The quantitative estimate of drug-likeness (QED) is 0.0261. The molecule has 0 N–H and O–H groups in total. The van der Waals surface area contributed by atoms with E-state index in [1.807, 2.05) is 6.08 Å². The molecule has 0 saturated carbocycles. The van der Waals surface area contributed by atoms with Gasteiger partial charge in [-0.1, -0.05) is 271 Å². The molecule has 0 amide bonds. The van der Waals surface area contributed by atoms with E-state index < -0.39 is 6.10 Å². The monoisotopic (exact) mass is 1010 g/mol. The van der Waals surface area contributed by atoms with Crippen LogP contribution in [-0.4, -0.2) is 37.2 Å². The van der Waals surface area contributed by atoms with Crippen molar-refractivity contribution >= 4 is 17.9 Å². The molecule has 0 saturated heterocycles. The van der Waals surface area contributed by atoms with E-state index in [1.165, 1.54) is 154 Å². The van der Waals surface area contributed by atoms with E-state index in [9.17, 15) is 14.4 Å². The topological polar surface area (TPSA) is 78.9 Å². The lowest BCUT2D eigenvalue weighted by Gasteiger charge is -2.18. The van der Waals surface area contributed by atoms with E-state index in [4.69, 9.17) is 14.2 Å². The molecule has 0 heterocycles. The fourth-order valence-electron chi connectivity index (χ4n) is 8.18. The maximum absolute atomic E-state index is 12.9. The molecule has 0 aromatic heterocycles. The minimum absolute atomic E-state index is 0.122. The second kappa shape index (κ2) is 60.6. The van der Waals surface area contributed by atoms with Crippen molar-refractivity contribution in [2.75, 3.05) is 13.2 Å². The normalized spacial score (nSPS) is 12.9. The van der Waals surface area contributed by atoms with E-state index in [1.54, 1.807) is 0 Å². The van der Waals surface area contributed by atoms with Crippen LogP contribution in [0.2, 0.25) is 0 Å². The van der Waals surface area contributed by atoms with Gasteiger partial charge in [-0.05, 0) is 96.3 Å². The van der Waals surface area contributed by atoms with Crippen LogP contribution in [0.5, 0.6) is 0 Å². The zero-order valence-electron chi connectivity index (χ0n) is 47.6. The molecule has 6 nitrogen and oxygen atoms in total. The Morgan fingerprint density at radius 2 is 0.534 bits per heavy atom. The van der Waals surface area contributed by atoms with Gasteiger partial charge in [-0.3, -0.25) is 14.4 Å². The summed E-state index contributed by atoms with van der Waals surface area (Å²) in [6.45, 7) is 6.49. The molecule has 416 valence electrons. The molecule has 0 fully saturated rings. The smallest absolute Gasteiger partial charge is 0.306 e. The summed E-state index contributed by atoms with van der Waals surface area (Å²) < 4.78 is 16.8. The second-order valence-corrected chi connectivity index (χ2v) is 19.9. The summed E-state index contributed by atoms with van der Waals surface area (Å²) in [6.07, 6.45) is 82.4. The number of ether oxygens (including phenoxy) is 3. The van der Waals surface area contributed by atoms with Crippen molar-refractivity contribution in [1.82, 2.24) is 0 Å². The van der Waals surface area contributed by atoms with Gasteiger partial charge in [-0.15, -0.1) is 0 Å². The Morgan fingerprint density at radius 3 is 0.890 bits per heavy atom. The highest BCUT2D eigenvalue weighted by atomic mass is 16.6. The van der Waals surface area contributed by atoms with Gasteiger partial charge in [0, 0.05) is 19.3 Å². The third-order valence-electron chi connectivity index (χ3n) is 12.8. The lowest BCUT2D eigenvalue weighted by Crippen LogP contribution is -2.30. The van der Waals surface area contributed by atoms with Crippen molar-refractivity contribution in [1.29, 1.82) is 0 Å². The fraction of sp³-hybridized carbons (Fsp3) is 0.687. The lowest BCUT2D eigenvalue weighted by atomic mass is 10.0. The summed E-state index contributed by atoms with van der Waals surface area (Å²) in [7, 11) is 0. The highest BCUT2D eigenvalue weighted by molar-refractivity contribution is 5.71. The molecule has 1 atom stereocenters. The van der Waals surface area contributed by atoms with Crippen molar-refractivity contribution in [2.24, 2.45) is 0 Å². The Morgan fingerprint density at radius 1 is 0.274 bits per heavy atom. The van der Waals surface area contributed by atoms with Crippen LogP contribution in [0.25, 0.3) is 0 Å². The zero-order chi connectivity index (χ0) is 52.9. The van der Waals surface area contributed by atoms with Crippen LogP contribution in [0.1, 0.15) is 278 Å². The van der Waals surface area contributed by atoms with Crippen molar-refractivity contribution < 1.29 is 28.6 Å². The van der Waals surface area contributed by atoms with Gasteiger partial charge in [0.05, 0.1) is 0 Å². The molecular formula is C67H112O6. The maximum atomic E-state index is 12.9. The predicted octanol–water partition coefficient (Wildman–Crippen LogP) is 20.7. The molecule has 0 aliphatic rings. The van der Waals surface area contributed by atoms with Crippen molar-refractivity contribution in [3.05, 3.63) is 109 Å². The van der Waals surface area contributed by atoms with Crippen LogP contribution in [0.4, 0.5) is 0 Å².